The molecule has 0 radical (unpaired) electrons. The molecule has 0 aromatic heterocycles. The first kappa shape index (κ1) is 10.4. The van der Waals surface area contributed by atoms with Gasteiger partial charge in [0, 0.05) is 11.3 Å². The van der Waals surface area contributed by atoms with Gasteiger partial charge in [-0.2, -0.15) is 11.8 Å². The lowest BCUT2D eigenvalue weighted by Crippen LogP contribution is -2.33. The van der Waals surface area contributed by atoms with E-state index in [9.17, 15) is 0 Å². The summed E-state index contributed by atoms with van der Waals surface area (Å²) in [6, 6.07) is 0. The van der Waals surface area contributed by atoms with Gasteiger partial charge in [-0.05, 0) is 45.0 Å². The second-order valence-electron chi connectivity index (χ2n) is 3.72. The summed E-state index contributed by atoms with van der Waals surface area (Å²) in [5.74, 6) is 1.34. The summed E-state index contributed by atoms with van der Waals surface area (Å²) in [5, 5.41) is 3.47. The first-order valence-electron chi connectivity index (χ1n) is 4.82. The van der Waals surface area contributed by atoms with Gasteiger partial charge >= 0.3 is 0 Å². The summed E-state index contributed by atoms with van der Waals surface area (Å²) in [7, 11) is 0. The fourth-order valence-corrected chi connectivity index (χ4v) is 2.83. The smallest absolute Gasteiger partial charge is 0.0256 e. The van der Waals surface area contributed by atoms with Gasteiger partial charge in [0.05, 0.1) is 0 Å². The van der Waals surface area contributed by atoms with E-state index in [1.807, 2.05) is 0 Å². The third-order valence-electron chi connectivity index (χ3n) is 2.36. The zero-order valence-electron chi connectivity index (χ0n) is 7.94. The highest BCUT2D eigenvalue weighted by Gasteiger charge is 2.28. The summed E-state index contributed by atoms with van der Waals surface area (Å²) in [6.45, 7) is 5.39. The molecular weight excluding hydrogens is 168 g/mol. The quantitative estimate of drug-likeness (QED) is 0.637. The molecule has 12 heavy (non-hydrogen) atoms. The van der Waals surface area contributed by atoms with Crippen LogP contribution < -0.4 is 11.1 Å². The Bertz CT molecular complexity index is 122. The molecule has 0 aromatic rings. The van der Waals surface area contributed by atoms with Crippen LogP contribution in [0.15, 0.2) is 0 Å². The highest BCUT2D eigenvalue weighted by molar-refractivity contribution is 8.00. The van der Waals surface area contributed by atoms with Crippen molar-refractivity contribution in [3.05, 3.63) is 0 Å². The Balaban J connectivity index is 2.05. The van der Waals surface area contributed by atoms with Crippen molar-refractivity contribution >= 4 is 11.8 Å². The summed E-state index contributed by atoms with van der Waals surface area (Å²) in [6.07, 6.45) is 3.85. The Morgan fingerprint density at radius 3 is 3.00 bits per heavy atom. The van der Waals surface area contributed by atoms with Gasteiger partial charge in [0.2, 0.25) is 0 Å². The summed E-state index contributed by atoms with van der Waals surface area (Å²) in [5.41, 5.74) is 5.41. The molecule has 3 heteroatoms. The predicted octanol–water partition coefficient (Wildman–Crippen LogP) is 1.21. The number of hydrogen-bond acceptors (Lipinski definition) is 3. The van der Waals surface area contributed by atoms with Crippen molar-refractivity contribution in [2.45, 2.75) is 30.9 Å². The fraction of sp³-hybridized carbons (Fsp3) is 1.00. The summed E-state index contributed by atoms with van der Waals surface area (Å²) >= 11 is 2.11. The molecule has 72 valence electrons. The second kappa shape index (κ2) is 5.10. The SMILES string of the molecule is CC1(CNCCCN)CCCS1. The maximum Gasteiger partial charge on any atom is 0.0256 e. The monoisotopic (exact) mass is 188 g/mol. The van der Waals surface area contributed by atoms with Crippen LogP contribution in [0.4, 0.5) is 0 Å². The van der Waals surface area contributed by atoms with Crippen molar-refractivity contribution in [2.75, 3.05) is 25.4 Å². The third-order valence-corrected chi connectivity index (χ3v) is 3.90. The van der Waals surface area contributed by atoms with Gasteiger partial charge in [-0.1, -0.05) is 0 Å². The Labute approximate surface area is 79.7 Å². The molecule has 1 unspecified atom stereocenters. The normalized spacial score (nSPS) is 29.5. The Hall–Kier alpha value is 0.270. The highest BCUT2D eigenvalue weighted by Crippen LogP contribution is 2.36. The number of thioether (sulfide) groups is 1. The zero-order chi connectivity index (χ0) is 8.86. The molecule has 0 amide bonds. The van der Waals surface area contributed by atoms with Crippen LogP contribution in [0.3, 0.4) is 0 Å². The molecule has 1 aliphatic heterocycles. The molecule has 0 aromatic carbocycles. The number of nitrogens with one attached hydrogen (secondary N) is 1. The lowest BCUT2D eigenvalue weighted by atomic mass is 10.1. The van der Waals surface area contributed by atoms with Crippen LogP contribution in [0, 0.1) is 0 Å². The standard InChI is InChI=1S/C9H20N2S/c1-9(4-2-7-12-9)8-11-6-3-5-10/h11H,2-8,10H2,1H3. The van der Waals surface area contributed by atoms with Gasteiger partial charge < -0.3 is 11.1 Å². The summed E-state index contributed by atoms with van der Waals surface area (Å²) < 4.78 is 0.509. The first-order chi connectivity index (χ1) is 5.77. The number of rotatable bonds is 5. The van der Waals surface area contributed by atoms with E-state index in [1.165, 1.54) is 18.6 Å². The predicted molar refractivity (Wildman–Crippen MR) is 56.6 cm³/mol. The third kappa shape index (κ3) is 3.33. The van der Waals surface area contributed by atoms with Crippen LogP contribution in [-0.2, 0) is 0 Å². The summed E-state index contributed by atoms with van der Waals surface area (Å²) in [4.78, 5) is 0. The Kier molecular flexibility index (Phi) is 4.40. The largest absolute Gasteiger partial charge is 0.330 e. The number of nitrogens with two attached hydrogens (primary N) is 1. The van der Waals surface area contributed by atoms with Crippen LogP contribution in [0.5, 0.6) is 0 Å². The average molecular weight is 188 g/mol. The van der Waals surface area contributed by atoms with E-state index in [0.717, 1.165) is 26.1 Å². The van der Waals surface area contributed by atoms with Crippen LogP contribution in [0.1, 0.15) is 26.2 Å². The van der Waals surface area contributed by atoms with Crippen LogP contribution in [0.25, 0.3) is 0 Å². The van der Waals surface area contributed by atoms with Crippen molar-refractivity contribution in [2.24, 2.45) is 5.73 Å². The van der Waals surface area contributed by atoms with Crippen LogP contribution >= 0.6 is 11.8 Å². The van der Waals surface area contributed by atoms with E-state index in [2.05, 4.69) is 24.0 Å². The van der Waals surface area contributed by atoms with Gasteiger partial charge in [-0.25, -0.2) is 0 Å². The van der Waals surface area contributed by atoms with Gasteiger partial charge in [-0.15, -0.1) is 0 Å². The average Bonchev–Trinajstić information content (AvgIpc) is 2.47. The van der Waals surface area contributed by atoms with Crippen molar-refractivity contribution in [3.63, 3.8) is 0 Å². The number of hydrogen-bond donors (Lipinski definition) is 2. The maximum atomic E-state index is 5.41. The fourth-order valence-electron chi connectivity index (χ4n) is 1.56. The van der Waals surface area contributed by atoms with Gasteiger partial charge in [-0.3, -0.25) is 0 Å². The Morgan fingerprint density at radius 2 is 2.42 bits per heavy atom. The van der Waals surface area contributed by atoms with Crippen molar-refractivity contribution in [1.82, 2.24) is 5.32 Å². The lowest BCUT2D eigenvalue weighted by Gasteiger charge is -2.22. The highest BCUT2D eigenvalue weighted by atomic mass is 32.2. The second-order valence-corrected chi connectivity index (χ2v) is 5.40. The molecule has 1 saturated heterocycles. The molecule has 0 bridgehead atoms. The molecule has 1 fully saturated rings. The maximum absolute atomic E-state index is 5.41. The van der Waals surface area contributed by atoms with E-state index in [4.69, 9.17) is 5.73 Å². The topological polar surface area (TPSA) is 38.0 Å². The van der Waals surface area contributed by atoms with E-state index in [1.54, 1.807) is 0 Å². The van der Waals surface area contributed by atoms with Crippen LogP contribution in [-0.4, -0.2) is 30.1 Å². The Morgan fingerprint density at radius 1 is 1.58 bits per heavy atom. The lowest BCUT2D eigenvalue weighted by molar-refractivity contribution is 0.532. The van der Waals surface area contributed by atoms with E-state index >= 15 is 0 Å². The van der Waals surface area contributed by atoms with Crippen molar-refractivity contribution in [3.8, 4) is 0 Å². The molecule has 0 saturated carbocycles. The van der Waals surface area contributed by atoms with Gasteiger partial charge in [0.1, 0.15) is 0 Å². The minimum Gasteiger partial charge on any atom is -0.330 e. The molecule has 1 rings (SSSR count). The van der Waals surface area contributed by atoms with E-state index in [-0.39, 0.29) is 0 Å². The molecule has 3 N–H and O–H groups in total. The van der Waals surface area contributed by atoms with Gasteiger partial charge in [0.25, 0.3) is 0 Å². The molecule has 1 heterocycles. The molecule has 0 spiro atoms. The molecule has 1 atom stereocenters. The van der Waals surface area contributed by atoms with Crippen molar-refractivity contribution < 1.29 is 0 Å². The van der Waals surface area contributed by atoms with Gasteiger partial charge in [0.15, 0.2) is 0 Å². The molecule has 1 aliphatic rings. The minimum absolute atomic E-state index is 0.509. The van der Waals surface area contributed by atoms with E-state index < -0.39 is 0 Å². The molecule has 0 aliphatic carbocycles. The van der Waals surface area contributed by atoms with Crippen molar-refractivity contribution in [1.29, 1.82) is 0 Å². The first-order valence-corrected chi connectivity index (χ1v) is 5.80. The zero-order valence-corrected chi connectivity index (χ0v) is 8.75. The minimum atomic E-state index is 0.509. The molecule has 2 nitrogen and oxygen atoms in total. The van der Waals surface area contributed by atoms with E-state index in [0.29, 0.717) is 4.75 Å². The van der Waals surface area contributed by atoms with Crippen LogP contribution in [0.2, 0.25) is 0 Å². The molecular formula is C9H20N2S.